The van der Waals surface area contributed by atoms with E-state index in [0.29, 0.717) is 23.1 Å². The van der Waals surface area contributed by atoms with E-state index in [1.807, 2.05) is 12.3 Å². The molecule has 0 saturated carbocycles. The Bertz CT molecular complexity index is 394. The van der Waals surface area contributed by atoms with Crippen molar-refractivity contribution in [3.63, 3.8) is 0 Å². The second kappa shape index (κ2) is 7.25. The van der Waals surface area contributed by atoms with E-state index in [0.717, 1.165) is 5.69 Å². The number of aromatic nitrogens is 1. The lowest BCUT2D eigenvalue weighted by Gasteiger charge is -2.00. The third-order valence-electron chi connectivity index (χ3n) is 1.73. The number of nitrogens with two attached hydrogens (primary N) is 1. The maximum Gasteiger partial charge on any atom is 0.294 e. The molecule has 94 valence electrons. The molecular formula is C9H14N4O2S2. The van der Waals surface area contributed by atoms with Gasteiger partial charge in [-0.25, -0.2) is 10.8 Å². The van der Waals surface area contributed by atoms with Crippen molar-refractivity contribution in [2.75, 3.05) is 12.3 Å². The first-order valence-electron chi connectivity index (χ1n) is 4.97. The summed E-state index contributed by atoms with van der Waals surface area (Å²) in [6.07, 6.45) is 0. The van der Waals surface area contributed by atoms with Crippen LogP contribution in [-0.2, 0) is 10.5 Å². The molecule has 0 radical (unpaired) electrons. The number of hydrogen-bond donors (Lipinski definition) is 3. The fourth-order valence-electron chi connectivity index (χ4n) is 1.04. The summed E-state index contributed by atoms with van der Waals surface area (Å²) in [5.74, 6) is 5.60. The van der Waals surface area contributed by atoms with Crippen molar-refractivity contribution in [1.82, 2.24) is 15.7 Å². The minimum atomic E-state index is -0.394. The molecule has 4 N–H and O–H groups in total. The smallest absolute Gasteiger partial charge is 0.294 e. The largest absolute Gasteiger partial charge is 0.356 e. The number of amides is 2. The lowest BCUT2D eigenvalue weighted by Crippen LogP contribution is -2.29. The second-order valence-corrected chi connectivity index (χ2v) is 4.91. The van der Waals surface area contributed by atoms with Crippen LogP contribution < -0.4 is 16.6 Å². The summed E-state index contributed by atoms with van der Waals surface area (Å²) in [4.78, 5) is 26.4. The highest BCUT2D eigenvalue weighted by Crippen LogP contribution is 2.15. The molecule has 0 aliphatic carbocycles. The van der Waals surface area contributed by atoms with E-state index >= 15 is 0 Å². The maximum absolute atomic E-state index is 11.2. The Balaban J connectivity index is 2.35. The third-order valence-corrected chi connectivity index (χ3v) is 3.59. The Morgan fingerprint density at radius 1 is 1.59 bits per heavy atom. The van der Waals surface area contributed by atoms with Gasteiger partial charge in [0.2, 0.25) is 5.91 Å². The summed E-state index contributed by atoms with van der Waals surface area (Å²) in [6.45, 7) is 2.51. The van der Waals surface area contributed by atoms with Gasteiger partial charge in [-0.2, -0.15) is 0 Å². The first-order valence-corrected chi connectivity index (χ1v) is 7.00. The number of nitrogens with zero attached hydrogens (tertiary/aromatic N) is 1. The van der Waals surface area contributed by atoms with E-state index in [2.05, 4.69) is 10.3 Å². The number of thioether (sulfide) groups is 1. The third kappa shape index (κ3) is 4.72. The van der Waals surface area contributed by atoms with Gasteiger partial charge in [-0.15, -0.1) is 23.1 Å². The Morgan fingerprint density at radius 2 is 2.35 bits per heavy atom. The molecule has 6 nitrogen and oxygen atoms in total. The minimum absolute atomic E-state index is 0.00709. The van der Waals surface area contributed by atoms with Crippen LogP contribution in [0.4, 0.5) is 0 Å². The molecule has 1 aromatic rings. The highest BCUT2D eigenvalue weighted by molar-refractivity contribution is 7.99. The van der Waals surface area contributed by atoms with Gasteiger partial charge in [0.05, 0.1) is 11.4 Å². The molecule has 0 bridgehead atoms. The van der Waals surface area contributed by atoms with E-state index in [1.54, 1.807) is 5.38 Å². The number of rotatable bonds is 6. The zero-order valence-corrected chi connectivity index (χ0v) is 11.0. The van der Waals surface area contributed by atoms with Crippen LogP contribution in [0.15, 0.2) is 5.38 Å². The number of nitrogens with one attached hydrogen (secondary N) is 2. The lowest BCUT2D eigenvalue weighted by atomic mass is 10.5. The summed E-state index contributed by atoms with van der Waals surface area (Å²) >= 11 is 2.69. The highest BCUT2D eigenvalue weighted by Gasteiger charge is 2.09. The SMILES string of the molecule is CCNC(=O)CSCc1csc(C(=O)NN)n1. The number of carbonyl (C=O) groups excluding carboxylic acids is 2. The Hall–Kier alpha value is -1.12. The summed E-state index contributed by atoms with van der Waals surface area (Å²) in [7, 11) is 0. The molecule has 0 unspecified atom stereocenters. The monoisotopic (exact) mass is 274 g/mol. The molecule has 0 aromatic carbocycles. The molecule has 0 spiro atoms. The van der Waals surface area contributed by atoms with Crippen LogP contribution in [0.1, 0.15) is 22.4 Å². The number of thiazole rings is 1. The van der Waals surface area contributed by atoms with Crippen molar-refractivity contribution < 1.29 is 9.59 Å². The van der Waals surface area contributed by atoms with E-state index in [9.17, 15) is 9.59 Å². The zero-order valence-electron chi connectivity index (χ0n) is 9.36. The topological polar surface area (TPSA) is 97.1 Å². The van der Waals surface area contributed by atoms with Gasteiger partial charge in [-0.3, -0.25) is 15.0 Å². The van der Waals surface area contributed by atoms with Crippen molar-refractivity contribution in [2.45, 2.75) is 12.7 Å². The van der Waals surface area contributed by atoms with E-state index in [4.69, 9.17) is 5.84 Å². The van der Waals surface area contributed by atoms with Gasteiger partial charge >= 0.3 is 0 Å². The summed E-state index contributed by atoms with van der Waals surface area (Å²) in [6, 6.07) is 0. The predicted molar refractivity (Wildman–Crippen MR) is 68.6 cm³/mol. The second-order valence-electron chi connectivity index (χ2n) is 3.06. The predicted octanol–water partition coefficient (Wildman–Crippen LogP) is 0.116. The van der Waals surface area contributed by atoms with Gasteiger partial charge in [-0.05, 0) is 6.92 Å². The maximum atomic E-state index is 11.2. The molecule has 17 heavy (non-hydrogen) atoms. The van der Waals surface area contributed by atoms with E-state index in [1.165, 1.54) is 23.1 Å². The lowest BCUT2D eigenvalue weighted by molar-refractivity contribution is -0.118. The van der Waals surface area contributed by atoms with Gasteiger partial charge in [0.1, 0.15) is 0 Å². The molecule has 0 fully saturated rings. The molecule has 1 heterocycles. The normalized spacial score (nSPS) is 10.0. The zero-order chi connectivity index (χ0) is 12.7. The van der Waals surface area contributed by atoms with Crippen LogP contribution in [0.25, 0.3) is 0 Å². The van der Waals surface area contributed by atoms with Crippen molar-refractivity contribution >= 4 is 34.9 Å². The molecule has 0 saturated heterocycles. The number of nitrogen functional groups attached to an aromatic ring is 1. The van der Waals surface area contributed by atoms with E-state index < -0.39 is 5.91 Å². The Kier molecular flexibility index (Phi) is 5.95. The number of hydrogen-bond acceptors (Lipinski definition) is 6. The Labute approximate surface area is 107 Å². The molecule has 2 amide bonds. The molecule has 0 atom stereocenters. The van der Waals surface area contributed by atoms with Crippen molar-refractivity contribution in [3.8, 4) is 0 Å². The van der Waals surface area contributed by atoms with E-state index in [-0.39, 0.29) is 5.91 Å². The quantitative estimate of drug-likeness (QED) is 0.389. The van der Waals surface area contributed by atoms with Crippen LogP contribution in [0.3, 0.4) is 0 Å². The molecule has 8 heteroatoms. The van der Waals surface area contributed by atoms with Crippen LogP contribution in [0.5, 0.6) is 0 Å². The summed E-state index contributed by atoms with van der Waals surface area (Å²) in [5, 5.41) is 4.83. The van der Waals surface area contributed by atoms with Gasteiger partial charge in [0, 0.05) is 17.7 Å². The molecule has 1 rings (SSSR count). The van der Waals surface area contributed by atoms with Gasteiger partial charge in [0.25, 0.3) is 5.91 Å². The van der Waals surface area contributed by atoms with Crippen molar-refractivity contribution in [1.29, 1.82) is 0 Å². The fraction of sp³-hybridized carbons (Fsp3) is 0.444. The molecule has 0 aliphatic heterocycles. The standard InChI is InChI=1S/C9H14N4O2S2/c1-2-11-7(14)5-16-3-6-4-17-9(12-6)8(15)13-10/h4H,2-3,5,10H2,1H3,(H,11,14)(H,13,15). The number of carbonyl (C=O) groups is 2. The van der Waals surface area contributed by atoms with Crippen LogP contribution in [0.2, 0.25) is 0 Å². The summed E-state index contributed by atoms with van der Waals surface area (Å²) in [5.41, 5.74) is 2.80. The summed E-state index contributed by atoms with van der Waals surface area (Å²) < 4.78 is 0. The highest BCUT2D eigenvalue weighted by atomic mass is 32.2. The molecular weight excluding hydrogens is 260 g/mol. The molecule has 1 aromatic heterocycles. The Morgan fingerprint density at radius 3 is 3.00 bits per heavy atom. The van der Waals surface area contributed by atoms with Crippen LogP contribution in [0, 0.1) is 0 Å². The minimum Gasteiger partial charge on any atom is -0.356 e. The van der Waals surface area contributed by atoms with Gasteiger partial charge in [0.15, 0.2) is 5.01 Å². The van der Waals surface area contributed by atoms with Crippen LogP contribution in [-0.4, -0.2) is 29.1 Å². The average Bonchev–Trinajstić information content (AvgIpc) is 2.77. The van der Waals surface area contributed by atoms with Gasteiger partial charge in [-0.1, -0.05) is 0 Å². The fourth-order valence-corrected chi connectivity index (χ4v) is 2.61. The van der Waals surface area contributed by atoms with Gasteiger partial charge < -0.3 is 5.32 Å². The first-order chi connectivity index (χ1) is 8.17. The van der Waals surface area contributed by atoms with Crippen molar-refractivity contribution in [3.05, 3.63) is 16.1 Å². The molecule has 0 aliphatic rings. The van der Waals surface area contributed by atoms with Crippen LogP contribution >= 0.6 is 23.1 Å². The number of hydrazine groups is 1. The van der Waals surface area contributed by atoms with Crippen molar-refractivity contribution in [2.24, 2.45) is 5.84 Å². The average molecular weight is 274 g/mol. The first kappa shape index (κ1) is 13.9.